The Morgan fingerprint density at radius 3 is 2.34 bits per heavy atom. The van der Waals surface area contributed by atoms with Gasteiger partial charge in [0.05, 0.1) is 5.69 Å². The molecule has 0 atom stereocenters. The smallest absolute Gasteiger partial charge is 0.425 e. The molecule has 3 aromatic carbocycles. The molecule has 0 aliphatic heterocycles. The Kier molecular flexibility index (Phi) is 9.64. The maximum atomic E-state index is 13.7. The second kappa shape index (κ2) is 13.5. The van der Waals surface area contributed by atoms with Crippen molar-refractivity contribution in [3.63, 3.8) is 0 Å². The molecule has 0 bridgehead atoms. The normalized spacial score (nSPS) is 10.9. The SMILES string of the molecule is Cc1cccc(C)c1OC(=O)N(c1ccnc(Nc2ccc(OCCN(C)C)cc2)n1)c1ccccc1OC(F)F. The minimum atomic E-state index is -3.11. The van der Waals surface area contributed by atoms with Gasteiger partial charge in [-0.1, -0.05) is 30.3 Å². The van der Waals surface area contributed by atoms with E-state index in [1.807, 2.05) is 37.2 Å². The number of aryl methyl sites for hydroxylation is 2. The lowest BCUT2D eigenvalue weighted by Gasteiger charge is -2.24. The molecule has 0 fully saturated rings. The van der Waals surface area contributed by atoms with Crippen molar-refractivity contribution in [3.8, 4) is 17.2 Å². The highest BCUT2D eigenvalue weighted by atomic mass is 19.3. The number of alkyl halides is 2. The molecule has 214 valence electrons. The van der Waals surface area contributed by atoms with Gasteiger partial charge in [0, 0.05) is 24.5 Å². The molecule has 0 radical (unpaired) electrons. The molecule has 11 heteroatoms. The summed E-state index contributed by atoms with van der Waals surface area (Å²) in [4.78, 5) is 25.5. The molecular weight excluding hydrogens is 532 g/mol. The van der Waals surface area contributed by atoms with E-state index in [0.29, 0.717) is 23.8 Å². The fraction of sp³-hybridized carbons (Fsp3) is 0.233. The van der Waals surface area contributed by atoms with Crippen molar-refractivity contribution >= 4 is 29.2 Å². The zero-order valence-electron chi connectivity index (χ0n) is 23.2. The van der Waals surface area contributed by atoms with Gasteiger partial charge in [0.1, 0.15) is 29.7 Å². The average molecular weight is 564 g/mol. The number of halogens is 2. The van der Waals surface area contributed by atoms with Crippen LogP contribution in [-0.4, -0.2) is 54.8 Å². The molecule has 1 N–H and O–H groups in total. The summed E-state index contributed by atoms with van der Waals surface area (Å²) in [5.74, 6) is 1.09. The Labute approximate surface area is 237 Å². The summed E-state index contributed by atoms with van der Waals surface area (Å²) >= 11 is 0. The summed E-state index contributed by atoms with van der Waals surface area (Å²) in [6.07, 6.45) is 0.579. The van der Waals surface area contributed by atoms with E-state index in [1.165, 1.54) is 30.5 Å². The number of benzene rings is 3. The number of likely N-dealkylation sites (N-methyl/N-ethyl adjacent to an activating group) is 1. The van der Waals surface area contributed by atoms with E-state index in [1.54, 1.807) is 44.2 Å². The molecule has 0 aliphatic carbocycles. The van der Waals surface area contributed by atoms with E-state index in [9.17, 15) is 13.6 Å². The highest BCUT2D eigenvalue weighted by Crippen LogP contribution is 2.36. The highest BCUT2D eigenvalue weighted by Gasteiger charge is 2.27. The van der Waals surface area contributed by atoms with Gasteiger partial charge in [0.25, 0.3) is 0 Å². The Bertz CT molecular complexity index is 1450. The first-order valence-corrected chi connectivity index (χ1v) is 12.8. The van der Waals surface area contributed by atoms with Gasteiger partial charge in [-0.2, -0.15) is 13.8 Å². The summed E-state index contributed by atoms with van der Waals surface area (Å²) in [6.45, 7) is 1.84. The van der Waals surface area contributed by atoms with Gasteiger partial charge in [0.15, 0.2) is 0 Å². The van der Waals surface area contributed by atoms with Crippen molar-refractivity contribution in [2.75, 3.05) is 37.5 Å². The number of ether oxygens (including phenoxy) is 3. The monoisotopic (exact) mass is 563 g/mol. The molecule has 1 amide bonds. The minimum Gasteiger partial charge on any atom is -0.492 e. The van der Waals surface area contributed by atoms with Gasteiger partial charge in [0.2, 0.25) is 5.95 Å². The van der Waals surface area contributed by atoms with Gasteiger partial charge >= 0.3 is 12.7 Å². The largest absolute Gasteiger partial charge is 0.492 e. The van der Waals surface area contributed by atoms with E-state index in [2.05, 4.69) is 15.3 Å². The maximum Gasteiger partial charge on any atom is 0.425 e. The second-order valence-electron chi connectivity index (χ2n) is 9.31. The molecule has 4 rings (SSSR count). The van der Waals surface area contributed by atoms with Crippen molar-refractivity contribution < 1.29 is 27.8 Å². The number of para-hydroxylation sites is 3. The summed E-state index contributed by atoms with van der Waals surface area (Å²) < 4.78 is 42.7. The first kappa shape index (κ1) is 29.2. The first-order valence-electron chi connectivity index (χ1n) is 12.8. The number of anilines is 4. The summed E-state index contributed by atoms with van der Waals surface area (Å²) in [6, 6.07) is 20.1. The molecule has 0 saturated carbocycles. The number of carbonyl (C=O) groups excluding carboxylic acids is 1. The van der Waals surface area contributed by atoms with Crippen LogP contribution in [-0.2, 0) is 0 Å². The quantitative estimate of drug-likeness (QED) is 0.215. The third-order valence-electron chi connectivity index (χ3n) is 5.89. The molecule has 1 aromatic heterocycles. The average Bonchev–Trinajstić information content (AvgIpc) is 2.93. The van der Waals surface area contributed by atoms with E-state index in [0.717, 1.165) is 22.6 Å². The van der Waals surface area contributed by atoms with Crippen molar-refractivity contribution in [1.82, 2.24) is 14.9 Å². The zero-order chi connectivity index (χ0) is 29.4. The van der Waals surface area contributed by atoms with Crippen LogP contribution in [0, 0.1) is 13.8 Å². The molecule has 41 heavy (non-hydrogen) atoms. The van der Waals surface area contributed by atoms with Crippen LogP contribution in [0.2, 0.25) is 0 Å². The van der Waals surface area contributed by atoms with Crippen molar-refractivity contribution in [3.05, 3.63) is 90.1 Å². The van der Waals surface area contributed by atoms with E-state index in [-0.39, 0.29) is 23.2 Å². The van der Waals surface area contributed by atoms with Crippen LogP contribution in [0.5, 0.6) is 17.2 Å². The molecule has 0 spiro atoms. The molecule has 4 aromatic rings. The molecule has 1 heterocycles. The lowest BCUT2D eigenvalue weighted by atomic mass is 10.1. The number of nitrogens with zero attached hydrogens (tertiary/aromatic N) is 4. The van der Waals surface area contributed by atoms with Gasteiger partial charge in [-0.15, -0.1) is 0 Å². The van der Waals surface area contributed by atoms with Crippen LogP contribution in [0.4, 0.5) is 36.7 Å². The van der Waals surface area contributed by atoms with Crippen molar-refractivity contribution in [1.29, 1.82) is 0 Å². The number of amides is 1. The third kappa shape index (κ3) is 7.89. The Morgan fingerprint density at radius 2 is 1.66 bits per heavy atom. The minimum absolute atomic E-state index is 0.0212. The van der Waals surface area contributed by atoms with Gasteiger partial charge in [-0.25, -0.2) is 14.7 Å². The van der Waals surface area contributed by atoms with Crippen LogP contribution in [0.15, 0.2) is 79.0 Å². The number of aromatic nitrogens is 2. The molecule has 0 aliphatic rings. The van der Waals surface area contributed by atoms with Crippen LogP contribution in [0.1, 0.15) is 11.1 Å². The highest BCUT2D eigenvalue weighted by molar-refractivity contribution is 5.98. The van der Waals surface area contributed by atoms with Crippen LogP contribution in [0.3, 0.4) is 0 Å². The first-order chi connectivity index (χ1) is 19.7. The van der Waals surface area contributed by atoms with Crippen LogP contribution >= 0.6 is 0 Å². The van der Waals surface area contributed by atoms with Gasteiger partial charge < -0.3 is 24.4 Å². The number of hydrogen-bond acceptors (Lipinski definition) is 8. The van der Waals surface area contributed by atoms with Crippen molar-refractivity contribution in [2.45, 2.75) is 20.5 Å². The second-order valence-corrected chi connectivity index (χ2v) is 9.31. The summed E-state index contributed by atoms with van der Waals surface area (Å²) in [5.41, 5.74) is 2.16. The van der Waals surface area contributed by atoms with Crippen LogP contribution in [0.25, 0.3) is 0 Å². The number of nitrogens with one attached hydrogen (secondary N) is 1. The molecule has 0 saturated heterocycles. The summed E-state index contributed by atoms with van der Waals surface area (Å²) in [5, 5.41) is 3.09. The third-order valence-corrected chi connectivity index (χ3v) is 5.89. The Hall–Kier alpha value is -4.77. The van der Waals surface area contributed by atoms with Gasteiger partial charge in [-0.3, -0.25) is 0 Å². The van der Waals surface area contributed by atoms with Crippen LogP contribution < -0.4 is 24.4 Å². The number of carbonyl (C=O) groups is 1. The number of rotatable bonds is 11. The standard InChI is InChI=1S/C30H31F2N5O4/c1-20-8-7-9-21(2)27(20)41-30(38)37(24-10-5-6-11-25(24)40-28(31)32)26-16-17-33-29(35-26)34-22-12-14-23(15-13-22)39-19-18-36(3)4/h5-17,28H,18-19H2,1-4H3,(H,33,34,35). The fourth-order valence-electron chi connectivity index (χ4n) is 3.89. The van der Waals surface area contributed by atoms with E-state index in [4.69, 9.17) is 14.2 Å². The predicted molar refractivity (Wildman–Crippen MR) is 153 cm³/mol. The van der Waals surface area contributed by atoms with Gasteiger partial charge in [-0.05, 0) is 75.5 Å². The predicted octanol–water partition coefficient (Wildman–Crippen LogP) is 6.72. The van der Waals surface area contributed by atoms with E-state index >= 15 is 0 Å². The zero-order valence-corrected chi connectivity index (χ0v) is 23.2. The lowest BCUT2D eigenvalue weighted by Crippen LogP contribution is -2.31. The Morgan fingerprint density at radius 1 is 0.951 bits per heavy atom. The number of hydrogen-bond donors (Lipinski definition) is 1. The summed E-state index contributed by atoms with van der Waals surface area (Å²) in [7, 11) is 3.94. The lowest BCUT2D eigenvalue weighted by molar-refractivity contribution is -0.0494. The topological polar surface area (TPSA) is 89.0 Å². The fourth-order valence-corrected chi connectivity index (χ4v) is 3.89. The molecular formula is C30H31F2N5O4. The van der Waals surface area contributed by atoms with Crippen molar-refractivity contribution in [2.24, 2.45) is 0 Å². The molecule has 9 nitrogen and oxygen atoms in total. The van der Waals surface area contributed by atoms with E-state index < -0.39 is 12.7 Å². The Balaban J connectivity index is 1.64. The molecule has 0 unspecified atom stereocenters. The maximum absolute atomic E-state index is 13.7.